The van der Waals surface area contributed by atoms with Gasteiger partial charge in [-0.2, -0.15) is 0 Å². The second-order valence-electron chi connectivity index (χ2n) is 12.9. The van der Waals surface area contributed by atoms with Gasteiger partial charge >= 0.3 is 6.09 Å². The number of rotatable bonds is 1. The van der Waals surface area contributed by atoms with Crippen LogP contribution in [0.3, 0.4) is 0 Å². The van der Waals surface area contributed by atoms with Crippen LogP contribution in [0.4, 0.5) is 4.79 Å². The predicted molar refractivity (Wildman–Crippen MR) is 157 cm³/mol. The van der Waals surface area contributed by atoms with Gasteiger partial charge in [0.15, 0.2) is 23.0 Å². The van der Waals surface area contributed by atoms with Crippen molar-refractivity contribution in [3.05, 3.63) is 46.5 Å². The van der Waals surface area contributed by atoms with Crippen LogP contribution in [0, 0.1) is 0 Å². The van der Waals surface area contributed by atoms with Crippen LogP contribution < -0.4 is 18.9 Å². The third-order valence-electron chi connectivity index (χ3n) is 9.28. The van der Waals surface area contributed by atoms with E-state index in [4.69, 9.17) is 33.2 Å². The standard InChI is InChI=1S/C18H23NO5.C15H19NO3/c1-18(2,3)24-17(20)19-6-7-21-15-9-12-11(8-13(15)19)4-5-14-16(12)23-10-22-14;1-2-16-5-6-17-14-8-11-10(7-12(14)16)3-4-13-15(11)19-9-18-13/h4-5,13,15H,6-10H2,1-3H3;3-4,12,14H,2,5-9H2,1H3/t13-,15-;12-,14-/m11/s1. The predicted octanol–water partition coefficient (Wildman–Crippen LogP) is 4.12. The number of amides is 1. The van der Waals surface area contributed by atoms with Crippen molar-refractivity contribution in [2.45, 2.75) is 83.3 Å². The molecule has 0 aromatic heterocycles. The number of hydrogen-bond acceptors (Lipinski definition) is 9. The van der Waals surface area contributed by atoms with Crippen LogP contribution in [0.25, 0.3) is 0 Å². The summed E-state index contributed by atoms with van der Waals surface area (Å²) < 4.78 is 39.7. The second kappa shape index (κ2) is 11.4. The Morgan fingerprint density at radius 2 is 1.35 bits per heavy atom. The van der Waals surface area contributed by atoms with E-state index in [2.05, 4.69) is 24.0 Å². The molecule has 2 aromatic rings. The minimum atomic E-state index is -0.497. The highest BCUT2D eigenvalue weighted by Crippen LogP contribution is 2.43. The molecule has 0 unspecified atom stereocenters. The van der Waals surface area contributed by atoms with E-state index in [1.165, 1.54) is 16.7 Å². The first-order valence-corrected chi connectivity index (χ1v) is 15.6. The number of ether oxygens (including phenoxy) is 7. The lowest BCUT2D eigenvalue weighted by Gasteiger charge is -2.44. The number of fused-ring (bicyclic) bond motifs is 8. The molecular formula is C33H42N2O8. The van der Waals surface area contributed by atoms with Gasteiger partial charge in [-0.25, -0.2) is 4.79 Å². The fourth-order valence-corrected chi connectivity index (χ4v) is 7.27. The van der Waals surface area contributed by atoms with Crippen molar-refractivity contribution >= 4 is 6.09 Å². The highest BCUT2D eigenvalue weighted by atomic mass is 16.7. The Morgan fingerprint density at radius 3 is 1.93 bits per heavy atom. The quantitative estimate of drug-likeness (QED) is 0.484. The summed E-state index contributed by atoms with van der Waals surface area (Å²) in [5.41, 5.74) is 4.55. The Bertz CT molecular complexity index is 1370. The van der Waals surface area contributed by atoms with Crippen molar-refractivity contribution in [3.63, 3.8) is 0 Å². The summed E-state index contributed by atoms with van der Waals surface area (Å²) >= 11 is 0. The normalized spacial score (nSPS) is 26.7. The first kappa shape index (κ1) is 28.6. The van der Waals surface area contributed by atoms with Crippen molar-refractivity contribution in [2.24, 2.45) is 0 Å². The third-order valence-corrected chi connectivity index (χ3v) is 9.28. The molecule has 4 aliphatic heterocycles. The fraction of sp³-hybridized carbons (Fsp3) is 0.606. The number of hydrogen-bond donors (Lipinski definition) is 0. The van der Waals surface area contributed by atoms with Crippen LogP contribution >= 0.6 is 0 Å². The summed E-state index contributed by atoms with van der Waals surface area (Å²) in [4.78, 5) is 16.9. The molecule has 0 radical (unpaired) electrons. The van der Waals surface area contributed by atoms with Crippen molar-refractivity contribution in [3.8, 4) is 23.0 Å². The van der Waals surface area contributed by atoms with Crippen LogP contribution in [0.1, 0.15) is 49.9 Å². The summed E-state index contributed by atoms with van der Waals surface area (Å²) in [7, 11) is 0. The smallest absolute Gasteiger partial charge is 0.410 e. The maximum atomic E-state index is 12.6. The molecule has 0 bridgehead atoms. The van der Waals surface area contributed by atoms with Crippen molar-refractivity contribution < 1.29 is 38.0 Å². The average Bonchev–Trinajstić information content (AvgIpc) is 3.68. The number of likely N-dealkylation sites (N-methyl/N-ethyl adjacent to an activating group) is 1. The number of carbonyl (C=O) groups is 1. The number of morpholine rings is 2. The van der Waals surface area contributed by atoms with Gasteiger partial charge < -0.3 is 33.2 Å². The minimum absolute atomic E-state index is 0.00136. The lowest BCUT2D eigenvalue weighted by molar-refractivity contribution is -0.0783. The van der Waals surface area contributed by atoms with Crippen LogP contribution in [0.5, 0.6) is 23.0 Å². The van der Waals surface area contributed by atoms with Gasteiger partial charge in [0.2, 0.25) is 13.6 Å². The topological polar surface area (TPSA) is 88.2 Å². The van der Waals surface area contributed by atoms with Gasteiger partial charge in [0.05, 0.1) is 31.5 Å². The first-order chi connectivity index (χ1) is 20.8. The van der Waals surface area contributed by atoms with Gasteiger partial charge in [-0.15, -0.1) is 0 Å². The zero-order chi connectivity index (χ0) is 29.7. The van der Waals surface area contributed by atoms with Crippen molar-refractivity contribution in [1.82, 2.24) is 9.80 Å². The molecule has 10 heteroatoms. The highest BCUT2D eigenvalue weighted by molar-refractivity contribution is 5.69. The van der Waals surface area contributed by atoms with E-state index in [0.717, 1.165) is 73.9 Å². The van der Waals surface area contributed by atoms with Gasteiger partial charge in [0, 0.05) is 43.1 Å². The number of nitrogens with zero attached hydrogens (tertiary/aromatic N) is 2. The Labute approximate surface area is 253 Å². The van der Waals surface area contributed by atoms with E-state index in [0.29, 0.717) is 32.1 Å². The Hall–Kier alpha value is -3.21. The average molecular weight is 595 g/mol. The van der Waals surface area contributed by atoms with Gasteiger partial charge in [0.25, 0.3) is 0 Å². The zero-order valence-corrected chi connectivity index (χ0v) is 25.6. The van der Waals surface area contributed by atoms with E-state index in [1.807, 2.05) is 37.8 Å². The summed E-state index contributed by atoms with van der Waals surface area (Å²) in [5, 5.41) is 0. The Balaban J connectivity index is 0.000000143. The molecule has 10 nitrogen and oxygen atoms in total. The van der Waals surface area contributed by atoms with Gasteiger partial charge in [-0.05, 0) is 63.4 Å². The SMILES string of the molecule is CC(C)(C)OC(=O)N1CCO[C@@H]2Cc3c(ccc4c3OCO4)C[C@H]21.CCN1CCO[C@@H]2Cc3c(ccc4c3OCO4)C[C@H]21. The lowest BCUT2D eigenvalue weighted by Crippen LogP contribution is -2.57. The van der Waals surface area contributed by atoms with E-state index in [9.17, 15) is 4.79 Å². The summed E-state index contributed by atoms with van der Waals surface area (Å²) in [5.74, 6) is 3.48. The molecule has 2 aliphatic carbocycles. The third kappa shape index (κ3) is 5.49. The highest BCUT2D eigenvalue weighted by Gasteiger charge is 2.42. The fourth-order valence-electron chi connectivity index (χ4n) is 7.27. The Kier molecular flexibility index (Phi) is 7.55. The van der Waals surface area contributed by atoms with E-state index in [-0.39, 0.29) is 25.0 Å². The monoisotopic (exact) mass is 594 g/mol. The van der Waals surface area contributed by atoms with Gasteiger partial charge in [-0.1, -0.05) is 19.1 Å². The van der Waals surface area contributed by atoms with Crippen LogP contribution in [-0.4, -0.2) is 92.2 Å². The molecule has 6 aliphatic rings. The maximum Gasteiger partial charge on any atom is 0.410 e. The molecule has 4 atom stereocenters. The molecule has 2 fully saturated rings. The number of carbonyl (C=O) groups excluding carboxylic acids is 1. The van der Waals surface area contributed by atoms with Crippen LogP contribution in [-0.2, 0) is 39.9 Å². The molecule has 8 rings (SSSR count). The molecule has 4 heterocycles. The summed E-state index contributed by atoms with van der Waals surface area (Å²) in [6, 6.07) is 8.78. The zero-order valence-electron chi connectivity index (χ0n) is 25.6. The molecule has 2 saturated heterocycles. The molecular weight excluding hydrogens is 552 g/mol. The molecule has 2 aromatic carbocycles. The van der Waals surface area contributed by atoms with Crippen LogP contribution in [0.15, 0.2) is 24.3 Å². The summed E-state index contributed by atoms with van der Waals surface area (Å²) in [6.07, 6.45) is 3.49. The molecule has 0 saturated carbocycles. The van der Waals surface area contributed by atoms with Crippen molar-refractivity contribution in [1.29, 1.82) is 0 Å². The number of benzene rings is 2. The minimum Gasteiger partial charge on any atom is -0.454 e. The van der Waals surface area contributed by atoms with Gasteiger partial charge in [0.1, 0.15) is 5.60 Å². The van der Waals surface area contributed by atoms with Gasteiger partial charge in [-0.3, -0.25) is 9.80 Å². The largest absolute Gasteiger partial charge is 0.454 e. The maximum absolute atomic E-state index is 12.6. The Morgan fingerprint density at radius 1 is 0.791 bits per heavy atom. The van der Waals surface area contributed by atoms with Crippen molar-refractivity contribution in [2.75, 3.05) is 46.4 Å². The first-order valence-electron chi connectivity index (χ1n) is 15.6. The second-order valence-corrected chi connectivity index (χ2v) is 12.9. The van der Waals surface area contributed by atoms with E-state index < -0.39 is 5.60 Å². The molecule has 0 spiro atoms. The molecule has 43 heavy (non-hydrogen) atoms. The molecule has 0 N–H and O–H groups in total. The van der Waals surface area contributed by atoms with E-state index in [1.54, 1.807) is 0 Å². The molecule has 1 amide bonds. The lowest BCUT2D eigenvalue weighted by atomic mass is 9.84. The van der Waals surface area contributed by atoms with E-state index >= 15 is 0 Å². The summed E-state index contributed by atoms with van der Waals surface area (Å²) in [6.45, 7) is 12.6. The molecule has 232 valence electrons. The van der Waals surface area contributed by atoms with Crippen LogP contribution in [0.2, 0.25) is 0 Å².